The molecule has 0 saturated carbocycles. The van der Waals surface area contributed by atoms with Crippen molar-refractivity contribution in [2.45, 2.75) is 11.8 Å². The van der Waals surface area contributed by atoms with Gasteiger partial charge in [0.25, 0.3) is 0 Å². The average Bonchev–Trinajstić information content (AvgIpc) is 2.43. The van der Waals surface area contributed by atoms with Crippen LogP contribution in [-0.2, 0) is 10.0 Å². The van der Waals surface area contributed by atoms with Crippen molar-refractivity contribution in [2.24, 2.45) is 0 Å². The molecule has 4 heteroatoms. The molecule has 19 heavy (non-hydrogen) atoms. The van der Waals surface area contributed by atoms with Gasteiger partial charge in [0.05, 0.1) is 11.4 Å². The maximum absolute atomic E-state index is 12.6. The van der Waals surface area contributed by atoms with E-state index in [1.165, 1.54) is 4.31 Å². The van der Waals surface area contributed by atoms with Gasteiger partial charge in [0.2, 0.25) is 10.0 Å². The molecular formula is C15H15NO2S. The number of terminal acetylenes is 1. The number of rotatable bonds is 4. The molecule has 0 aliphatic rings. The predicted molar refractivity (Wildman–Crippen MR) is 77.2 cm³/mol. The third-order valence-corrected chi connectivity index (χ3v) is 4.97. The number of benzene rings is 2. The predicted octanol–water partition coefficient (Wildman–Crippen LogP) is 2.48. The first-order chi connectivity index (χ1) is 9.11. The van der Waals surface area contributed by atoms with Gasteiger partial charge in [-0.2, -0.15) is 4.31 Å². The fourth-order valence-corrected chi connectivity index (χ4v) is 3.61. The molecule has 0 unspecified atom stereocenters. The number of hydrogen-bond acceptors (Lipinski definition) is 2. The van der Waals surface area contributed by atoms with Crippen LogP contribution >= 0.6 is 0 Å². The fraction of sp³-hybridized carbons (Fsp3) is 0.200. The Bertz CT molecular complexity index is 724. The second-order valence-corrected chi connectivity index (χ2v) is 6.02. The van der Waals surface area contributed by atoms with Crippen LogP contribution < -0.4 is 0 Å². The summed E-state index contributed by atoms with van der Waals surface area (Å²) in [4.78, 5) is 0.308. The van der Waals surface area contributed by atoms with Crippen LogP contribution in [0, 0.1) is 12.3 Å². The fourth-order valence-electron chi connectivity index (χ4n) is 2.03. The third kappa shape index (κ3) is 2.48. The summed E-state index contributed by atoms with van der Waals surface area (Å²) in [5.74, 6) is 2.39. The maximum atomic E-state index is 12.6. The van der Waals surface area contributed by atoms with Crippen LogP contribution in [0.1, 0.15) is 6.92 Å². The number of nitrogens with zero attached hydrogens (tertiary/aromatic N) is 1. The Morgan fingerprint density at radius 2 is 1.84 bits per heavy atom. The summed E-state index contributed by atoms with van der Waals surface area (Å²) in [6.07, 6.45) is 5.24. The van der Waals surface area contributed by atoms with Gasteiger partial charge in [0.15, 0.2) is 0 Å². The minimum absolute atomic E-state index is 0.0854. The van der Waals surface area contributed by atoms with E-state index in [1.807, 2.05) is 30.3 Å². The lowest BCUT2D eigenvalue weighted by Crippen LogP contribution is -2.31. The lowest BCUT2D eigenvalue weighted by Gasteiger charge is -2.19. The molecule has 0 N–H and O–H groups in total. The lowest BCUT2D eigenvalue weighted by atomic mass is 10.1. The van der Waals surface area contributed by atoms with Crippen molar-refractivity contribution >= 4 is 20.8 Å². The van der Waals surface area contributed by atoms with E-state index in [4.69, 9.17) is 6.42 Å². The normalized spacial score (nSPS) is 11.6. The van der Waals surface area contributed by atoms with E-state index in [0.717, 1.165) is 10.8 Å². The zero-order chi connectivity index (χ0) is 13.9. The topological polar surface area (TPSA) is 37.4 Å². The highest BCUT2D eigenvalue weighted by Crippen LogP contribution is 2.25. The molecule has 0 saturated heterocycles. The van der Waals surface area contributed by atoms with E-state index < -0.39 is 10.0 Å². The SMILES string of the molecule is C#CCN(CC)S(=O)(=O)c1cccc2ccccc12. The van der Waals surface area contributed by atoms with Gasteiger partial charge in [-0.1, -0.05) is 49.2 Å². The van der Waals surface area contributed by atoms with Crippen LogP contribution in [0.2, 0.25) is 0 Å². The van der Waals surface area contributed by atoms with Crippen LogP contribution in [0.4, 0.5) is 0 Å². The smallest absolute Gasteiger partial charge is 0.207 e. The van der Waals surface area contributed by atoms with E-state index >= 15 is 0 Å². The van der Waals surface area contributed by atoms with Gasteiger partial charge in [-0.05, 0) is 11.5 Å². The molecule has 0 fully saturated rings. The van der Waals surface area contributed by atoms with E-state index in [-0.39, 0.29) is 6.54 Å². The summed E-state index contributed by atoms with van der Waals surface area (Å²) in [6.45, 7) is 2.22. The first-order valence-corrected chi connectivity index (χ1v) is 7.46. The van der Waals surface area contributed by atoms with E-state index in [2.05, 4.69) is 5.92 Å². The van der Waals surface area contributed by atoms with Crippen molar-refractivity contribution in [2.75, 3.05) is 13.1 Å². The zero-order valence-corrected chi connectivity index (χ0v) is 11.5. The highest BCUT2D eigenvalue weighted by Gasteiger charge is 2.23. The molecule has 0 atom stereocenters. The van der Waals surface area contributed by atoms with Crippen LogP contribution in [0.25, 0.3) is 10.8 Å². The summed E-state index contributed by atoms with van der Waals surface area (Å²) in [5.41, 5.74) is 0. The summed E-state index contributed by atoms with van der Waals surface area (Å²) >= 11 is 0. The molecule has 0 radical (unpaired) electrons. The number of sulfonamides is 1. The molecule has 0 aliphatic carbocycles. The second kappa shape index (κ2) is 5.43. The zero-order valence-electron chi connectivity index (χ0n) is 10.7. The van der Waals surface area contributed by atoms with Gasteiger partial charge < -0.3 is 0 Å². The van der Waals surface area contributed by atoms with Crippen LogP contribution in [0.15, 0.2) is 47.4 Å². The summed E-state index contributed by atoms with van der Waals surface area (Å²) in [7, 11) is -3.55. The molecule has 2 rings (SSSR count). The van der Waals surface area contributed by atoms with Crippen molar-refractivity contribution in [3.8, 4) is 12.3 Å². The molecule has 2 aromatic rings. The average molecular weight is 273 g/mol. The van der Waals surface area contributed by atoms with Gasteiger partial charge in [0.1, 0.15) is 0 Å². The Kier molecular flexibility index (Phi) is 3.89. The molecule has 0 aromatic heterocycles. The van der Waals surface area contributed by atoms with Gasteiger partial charge in [-0.15, -0.1) is 6.42 Å². The van der Waals surface area contributed by atoms with Crippen LogP contribution in [-0.4, -0.2) is 25.8 Å². The monoisotopic (exact) mass is 273 g/mol. The molecule has 0 aliphatic heterocycles. The highest BCUT2D eigenvalue weighted by atomic mass is 32.2. The minimum Gasteiger partial charge on any atom is -0.207 e. The van der Waals surface area contributed by atoms with Gasteiger partial charge >= 0.3 is 0 Å². The van der Waals surface area contributed by atoms with Crippen molar-refractivity contribution in [3.63, 3.8) is 0 Å². The Labute approximate surface area is 113 Å². The molecule has 2 aromatic carbocycles. The lowest BCUT2D eigenvalue weighted by molar-refractivity contribution is 0.465. The van der Waals surface area contributed by atoms with Crippen molar-refractivity contribution in [1.29, 1.82) is 0 Å². The maximum Gasteiger partial charge on any atom is 0.244 e. The molecule has 0 heterocycles. The summed E-state index contributed by atoms with van der Waals surface area (Å²) in [6, 6.07) is 12.7. The van der Waals surface area contributed by atoms with Crippen molar-refractivity contribution < 1.29 is 8.42 Å². The minimum atomic E-state index is -3.55. The van der Waals surface area contributed by atoms with Crippen molar-refractivity contribution in [3.05, 3.63) is 42.5 Å². The third-order valence-electron chi connectivity index (χ3n) is 2.99. The molecule has 0 bridgehead atoms. The van der Waals surface area contributed by atoms with Crippen molar-refractivity contribution in [1.82, 2.24) is 4.31 Å². The highest BCUT2D eigenvalue weighted by molar-refractivity contribution is 7.89. The first-order valence-electron chi connectivity index (χ1n) is 6.02. The van der Waals surface area contributed by atoms with Crippen LogP contribution in [0.5, 0.6) is 0 Å². The largest absolute Gasteiger partial charge is 0.244 e. The Balaban J connectivity index is 2.64. The van der Waals surface area contributed by atoms with E-state index in [1.54, 1.807) is 19.1 Å². The first kappa shape index (κ1) is 13.6. The Morgan fingerprint density at radius 3 is 2.53 bits per heavy atom. The molecule has 3 nitrogen and oxygen atoms in total. The van der Waals surface area contributed by atoms with Gasteiger partial charge in [0, 0.05) is 11.9 Å². The quantitative estimate of drug-likeness (QED) is 0.803. The molecule has 0 amide bonds. The number of fused-ring (bicyclic) bond motifs is 1. The molecule has 98 valence electrons. The van der Waals surface area contributed by atoms with E-state index in [0.29, 0.717) is 11.4 Å². The van der Waals surface area contributed by atoms with Crippen LogP contribution in [0.3, 0.4) is 0 Å². The van der Waals surface area contributed by atoms with Gasteiger partial charge in [-0.25, -0.2) is 8.42 Å². The van der Waals surface area contributed by atoms with Gasteiger partial charge in [-0.3, -0.25) is 0 Å². The van der Waals surface area contributed by atoms with E-state index in [9.17, 15) is 8.42 Å². The molecular weight excluding hydrogens is 258 g/mol. The summed E-state index contributed by atoms with van der Waals surface area (Å²) in [5, 5.41) is 1.63. The summed E-state index contributed by atoms with van der Waals surface area (Å²) < 4.78 is 26.5. The molecule has 0 spiro atoms. The second-order valence-electron chi connectivity index (χ2n) is 4.11. The standard InChI is InChI=1S/C15H15NO2S/c1-3-12-16(4-2)19(17,18)15-11-7-9-13-8-5-6-10-14(13)15/h1,5-11H,4,12H2,2H3. The Hall–Kier alpha value is -1.83. The number of hydrogen-bond donors (Lipinski definition) is 0. The Morgan fingerprint density at radius 1 is 1.16 bits per heavy atom.